The highest BCUT2D eigenvalue weighted by Crippen LogP contribution is 2.32. The van der Waals surface area contributed by atoms with Crippen LogP contribution in [-0.4, -0.2) is 35.6 Å². The van der Waals surface area contributed by atoms with Crippen LogP contribution in [0.5, 0.6) is 11.5 Å². The van der Waals surface area contributed by atoms with E-state index in [2.05, 4.69) is 0 Å². The van der Waals surface area contributed by atoms with Gasteiger partial charge < -0.3 is 19.7 Å². The Balaban J connectivity index is 2.87. The molecule has 3 unspecified atom stereocenters. The number of ether oxygens (including phenoxy) is 2. The first kappa shape index (κ1) is 16.8. The molecule has 0 aromatic heterocycles. The van der Waals surface area contributed by atoms with Crippen molar-refractivity contribution < 1.29 is 19.7 Å². The van der Waals surface area contributed by atoms with Crippen LogP contribution in [0, 0.1) is 0 Å². The fraction of sp³-hybridized carbons (Fsp3) is 0.625. The first-order valence-corrected chi connectivity index (χ1v) is 7.25. The summed E-state index contributed by atoms with van der Waals surface area (Å²) < 4.78 is 11.1. The molecule has 0 aliphatic rings. The van der Waals surface area contributed by atoms with Crippen LogP contribution in [0.1, 0.15) is 45.6 Å². The van der Waals surface area contributed by atoms with E-state index >= 15 is 0 Å². The van der Waals surface area contributed by atoms with E-state index in [0.717, 1.165) is 17.1 Å². The summed E-state index contributed by atoms with van der Waals surface area (Å²) in [6.45, 7) is 8.66. The van der Waals surface area contributed by atoms with E-state index < -0.39 is 12.2 Å². The van der Waals surface area contributed by atoms with Crippen LogP contribution in [0.3, 0.4) is 0 Å². The van der Waals surface area contributed by atoms with Gasteiger partial charge in [-0.1, -0.05) is 13.0 Å². The Hall–Kier alpha value is -1.26. The molecule has 2 N–H and O–H groups in total. The highest BCUT2D eigenvalue weighted by molar-refractivity contribution is 5.44. The molecule has 0 amide bonds. The Labute approximate surface area is 121 Å². The van der Waals surface area contributed by atoms with Crippen LogP contribution in [-0.2, 0) is 0 Å². The number of aliphatic hydroxyl groups is 2. The standard InChI is InChI=1S/C16H26O4/c1-5-19-15-8-7-13(10-16(15)20-6-2)11(3)9-14(18)12(4)17/h7-8,10-12,14,17-18H,5-6,9H2,1-4H3. The second kappa shape index (κ2) is 8.12. The normalized spacial score (nSPS) is 15.5. The van der Waals surface area contributed by atoms with E-state index in [0.29, 0.717) is 19.6 Å². The van der Waals surface area contributed by atoms with E-state index in [9.17, 15) is 10.2 Å². The molecule has 4 nitrogen and oxygen atoms in total. The first-order valence-electron chi connectivity index (χ1n) is 7.25. The van der Waals surface area contributed by atoms with Crippen LogP contribution in [0.15, 0.2) is 18.2 Å². The zero-order valence-electron chi connectivity index (χ0n) is 12.8. The molecular formula is C16H26O4. The molecule has 0 saturated carbocycles. The minimum Gasteiger partial charge on any atom is -0.490 e. The van der Waals surface area contributed by atoms with Gasteiger partial charge in [-0.3, -0.25) is 0 Å². The van der Waals surface area contributed by atoms with Gasteiger partial charge in [-0.15, -0.1) is 0 Å². The van der Waals surface area contributed by atoms with Gasteiger partial charge in [0.15, 0.2) is 11.5 Å². The molecule has 20 heavy (non-hydrogen) atoms. The van der Waals surface area contributed by atoms with Crippen molar-refractivity contribution in [3.05, 3.63) is 23.8 Å². The fourth-order valence-electron chi connectivity index (χ4n) is 2.07. The molecule has 0 bridgehead atoms. The van der Waals surface area contributed by atoms with Crippen molar-refractivity contribution in [2.24, 2.45) is 0 Å². The maximum atomic E-state index is 9.76. The molecule has 1 aromatic rings. The zero-order chi connectivity index (χ0) is 15.1. The molecule has 0 spiro atoms. The van der Waals surface area contributed by atoms with Crippen molar-refractivity contribution in [3.8, 4) is 11.5 Å². The summed E-state index contributed by atoms with van der Waals surface area (Å²) in [6, 6.07) is 5.83. The molecular weight excluding hydrogens is 256 g/mol. The quantitative estimate of drug-likeness (QED) is 0.769. The van der Waals surface area contributed by atoms with Gasteiger partial charge in [-0.05, 0) is 50.8 Å². The topological polar surface area (TPSA) is 58.9 Å². The third kappa shape index (κ3) is 4.69. The Morgan fingerprint density at radius 1 is 1.00 bits per heavy atom. The lowest BCUT2D eigenvalue weighted by Crippen LogP contribution is -2.24. The maximum absolute atomic E-state index is 9.76. The van der Waals surface area contributed by atoms with E-state index in [-0.39, 0.29) is 5.92 Å². The van der Waals surface area contributed by atoms with Crippen LogP contribution in [0.2, 0.25) is 0 Å². The lowest BCUT2D eigenvalue weighted by Gasteiger charge is -2.20. The third-order valence-electron chi connectivity index (χ3n) is 3.29. The highest BCUT2D eigenvalue weighted by atomic mass is 16.5. The number of benzene rings is 1. The van der Waals surface area contributed by atoms with Crippen LogP contribution >= 0.6 is 0 Å². The van der Waals surface area contributed by atoms with Gasteiger partial charge in [0.1, 0.15) is 0 Å². The van der Waals surface area contributed by atoms with Gasteiger partial charge in [0.25, 0.3) is 0 Å². The van der Waals surface area contributed by atoms with Crippen LogP contribution < -0.4 is 9.47 Å². The van der Waals surface area contributed by atoms with Crippen molar-refractivity contribution in [2.75, 3.05) is 13.2 Å². The van der Waals surface area contributed by atoms with Gasteiger partial charge >= 0.3 is 0 Å². The average Bonchev–Trinajstić information content (AvgIpc) is 2.41. The van der Waals surface area contributed by atoms with Gasteiger partial charge in [0, 0.05) is 0 Å². The minimum atomic E-state index is -0.716. The summed E-state index contributed by atoms with van der Waals surface area (Å²) in [4.78, 5) is 0. The summed E-state index contributed by atoms with van der Waals surface area (Å²) >= 11 is 0. The lowest BCUT2D eigenvalue weighted by molar-refractivity contribution is 0.0227. The smallest absolute Gasteiger partial charge is 0.161 e. The Bertz CT molecular complexity index is 403. The fourth-order valence-corrected chi connectivity index (χ4v) is 2.07. The third-order valence-corrected chi connectivity index (χ3v) is 3.29. The van der Waals surface area contributed by atoms with Crippen LogP contribution in [0.4, 0.5) is 0 Å². The highest BCUT2D eigenvalue weighted by Gasteiger charge is 2.17. The van der Waals surface area contributed by atoms with E-state index in [4.69, 9.17) is 9.47 Å². The van der Waals surface area contributed by atoms with Crippen molar-refractivity contribution in [3.63, 3.8) is 0 Å². The van der Waals surface area contributed by atoms with Crippen molar-refractivity contribution in [2.45, 2.75) is 52.2 Å². The summed E-state index contributed by atoms with van der Waals surface area (Å²) in [7, 11) is 0. The second-order valence-corrected chi connectivity index (χ2v) is 5.02. The minimum absolute atomic E-state index is 0.134. The van der Waals surface area contributed by atoms with E-state index in [1.54, 1.807) is 6.92 Å². The van der Waals surface area contributed by atoms with E-state index in [1.165, 1.54) is 0 Å². The molecule has 3 atom stereocenters. The van der Waals surface area contributed by atoms with E-state index in [1.807, 2.05) is 39.0 Å². The van der Waals surface area contributed by atoms with Crippen LogP contribution in [0.25, 0.3) is 0 Å². The first-order chi connectivity index (χ1) is 9.49. The Morgan fingerprint density at radius 2 is 1.60 bits per heavy atom. The average molecular weight is 282 g/mol. The zero-order valence-corrected chi connectivity index (χ0v) is 12.8. The number of hydrogen-bond acceptors (Lipinski definition) is 4. The van der Waals surface area contributed by atoms with Crippen molar-refractivity contribution >= 4 is 0 Å². The monoisotopic (exact) mass is 282 g/mol. The summed E-state index contributed by atoms with van der Waals surface area (Å²) in [5.74, 6) is 1.60. The molecule has 114 valence electrons. The van der Waals surface area contributed by atoms with Gasteiger partial charge in [-0.2, -0.15) is 0 Å². The molecule has 1 aromatic carbocycles. The van der Waals surface area contributed by atoms with Crippen molar-refractivity contribution in [1.29, 1.82) is 0 Å². The Kier molecular flexibility index (Phi) is 6.82. The summed E-state index contributed by atoms with van der Waals surface area (Å²) in [5, 5.41) is 19.1. The predicted molar refractivity (Wildman–Crippen MR) is 79.5 cm³/mol. The molecule has 0 aliphatic carbocycles. The number of aliphatic hydroxyl groups excluding tert-OH is 2. The SMILES string of the molecule is CCOc1ccc(C(C)CC(O)C(C)O)cc1OCC. The van der Waals surface area contributed by atoms with Gasteiger partial charge in [0.2, 0.25) is 0 Å². The second-order valence-electron chi connectivity index (χ2n) is 5.02. The molecule has 0 saturated heterocycles. The summed E-state index contributed by atoms with van der Waals surface area (Å²) in [6.07, 6.45) is -0.921. The maximum Gasteiger partial charge on any atom is 0.161 e. The number of rotatable bonds is 8. The molecule has 0 radical (unpaired) electrons. The predicted octanol–water partition coefficient (Wildman–Crippen LogP) is 2.72. The largest absolute Gasteiger partial charge is 0.490 e. The molecule has 4 heteroatoms. The van der Waals surface area contributed by atoms with Gasteiger partial charge in [-0.25, -0.2) is 0 Å². The molecule has 0 fully saturated rings. The number of hydrogen-bond donors (Lipinski definition) is 2. The summed E-state index contributed by atoms with van der Waals surface area (Å²) in [5.41, 5.74) is 1.07. The van der Waals surface area contributed by atoms with Crippen molar-refractivity contribution in [1.82, 2.24) is 0 Å². The molecule has 0 heterocycles. The Morgan fingerprint density at radius 3 is 2.15 bits per heavy atom. The molecule has 0 aliphatic heterocycles. The van der Waals surface area contributed by atoms with Gasteiger partial charge in [0.05, 0.1) is 25.4 Å². The lowest BCUT2D eigenvalue weighted by atomic mass is 9.93. The molecule has 1 rings (SSSR count).